The third kappa shape index (κ3) is 2.90. The van der Waals surface area contributed by atoms with Gasteiger partial charge in [-0.15, -0.1) is 0 Å². The van der Waals surface area contributed by atoms with Crippen molar-refractivity contribution < 1.29 is 19.1 Å². The van der Waals surface area contributed by atoms with Crippen LogP contribution in [0.15, 0.2) is 47.6 Å². The van der Waals surface area contributed by atoms with Crippen molar-refractivity contribution in [2.45, 2.75) is 0 Å². The van der Waals surface area contributed by atoms with Crippen molar-refractivity contribution in [1.29, 1.82) is 0 Å². The molecule has 0 N–H and O–H groups in total. The number of ether oxygens (including phenoxy) is 2. The quantitative estimate of drug-likeness (QED) is 0.457. The first-order valence-electron chi connectivity index (χ1n) is 7.25. The number of hydrogen-bond acceptors (Lipinski definition) is 7. The van der Waals surface area contributed by atoms with Crippen LogP contribution in [0.2, 0.25) is 0 Å². The van der Waals surface area contributed by atoms with Gasteiger partial charge in [-0.3, -0.25) is 14.6 Å². The SMILES string of the molecule is O=C1C(=Cc2ccc3c(c2)OCO3)SC(=S)N1C(=O)c1cccnc1. The maximum atomic E-state index is 12.6. The van der Waals surface area contributed by atoms with Crippen molar-refractivity contribution in [1.82, 2.24) is 9.88 Å². The molecule has 0 atom stereocenters. The van der Waals surface area contributed by atoms with Gasteiger partial charge in [0.15, 0.2) is 15.8 Å². The van der Waals surface area contributed by atoms with Crippen molar-refractivity contribution in [3.8, 4) is 11.5 Å². The summed E-state index contributed by atoms with van der Waals surface area (Å²) < 4.78 is 10.8. The zero-order valence-electron chi connectivity index (χ0n) is 12.7. The topological polar surface area (TPSA) is 68.7 Å². The fraction of sp³-hybridized carbons (Fsp3) is 0.0588. The normalized spacial score (nSPS) is 17.4. The van der Waals surface area contributed by atoms with Gasteiger partial charge >= 0.3 is 0 Å². The van der Waals surface area contributed by atoms with E-state index in [0.717, 1.165) is 22.2 Å². The first-order chi connectivity index (χ1) is 12.1. The van der Waals surface area contributed by atoms with Crippen molar-refractivity contribution in [3.05, 3.63) is 58.8 Å². The molecule has 25 heavy (non-hydrogen) atoms. The summed E-state index contributed by atoms with van der Waals surface area (Å²) in [5.41, 5.74) is 1.07. The van der Waals surface area contributed by atoms with Gasteiger partial charge in [0.05, 0.1) is 10.5 Å². The number of amides is 2. The fourth-order valence-corrected chi connectivity index (χ4v) is 3.67. The Bertz CT molecular complexity index is 928. The van der Waals surface area contributed by atoms with Crippen LogP contribution in [0.5, 0.6) is 11.5 Å². The van der Waals surface area contributed by atoms with E-state index in [-0.39, 0.29) is 11.1 Å². The van der Waals surface area contributed by atoms with Gasteiger partial charge in [-0.2, -0.15) is 0 Å². The highest BCUT2D eigenvalue weighted by Gasteiger charge is 2.37. The van der Waals surface area contributed by atoms with E-state index in [1.54, 1.807) is 36.5 Å². The van der Waals surface area contributed by atoms with Gasteiger partial charge < -0.3 is 9.47 Å². The molecule has 1 aromatic heterocycles. The maximum absolute atomic E-state index is 12.6. The molecule has 6 nitrogen and oxygen atoms in total. The Balaban J connectivity index is 1.62. The van der Waals surface area contributed by atoms with Crippen molar-refractivity contribution in [2.75, 3.05) is 6.79 Å². The molecule has 1 aromatic carbocycles. The van der Waals surface area contributed by atoms with E-state index < -0.39 is 11.8 Å². The molecule has 0 radical (unpaired) electrons. The number of thioether (sulfide) groups is 1. The third-order valence-corrected chi connectivity index (χ3v) is 4.90. The van der Waals surface area contributed by atoms with Crippen LogP contribution >= 0.6 is 24.0 Å². The Kier molecular flexibility index (Phi) is 3.98. The molecule has 8 heteroatoms. The van der Waals surface area contributed by atoms with Crippen LogP contribution < -0.4 is 9.47 Å². The van der Waals surface area contributed by atoms with Crippen LogP contribution in [-0.4, -0.2) is 32.8 Å². The Morgan fingerprint density at radius 2 is 2.12 bits per heavy atom. The summed E-state index contributed by atoms with van der Waals surface area (Å²) in [5.74, 6) is 0.360. The number of rotatable bonds is 2. The number of thiocarbonyl (C=S) groups is 1. The minimum atomic E-state index is -0.482. The van der Waals surface area contributed by atoms with Gasteiger partial charge in [-0.1, -0.05) is 30.0 Å². The van der Waals surface area contributed by atoms with Crippen LogP contribution in [0.3, 0.4) is 0 Å². The van der Waals surface area contributed by atoms with Crippen LogP contribution in [0.4, 0.5) is 0 Å². The minimum absolute atomic E-state index is 0.181. The average Bonchev–Trinajstić information content (AvgIpc) is 3.19. The van der Waals surface area contributed by atoms with Gasteiger partial charge in [0.2, 0.25) is 6.79 Å². The first-order valence-corrected chi connectivity index (χ1v) is 8.48. The molecule has 0 aliphatic carbocycles. The summed E-state index contributed by atoms with van der Waals surface area (Å²) in [4.78, 5) is 30.4. The second-order valence-electron chi connectivity index (χ2n) is 5.18. The van der Waals surface area contributed by atoms with Crippen molar-refractivity contribution in [3.63, 3.8) is 0 Å². The van der Waals surface area contributed by atoms with Gasteiger partial charge in [0, 0.05) is 12.4 Å². The monoisotopic (exact) mass is 370 g/mol. The number of aromatic nitrogens is 1. The van der Waals surface area contributed by atoms with E-state index in [9.17, 15) is 9.59 Å². The second kappa shape index (κ2) is 6.30. The van der Waals surface area contributed by atoms with Gasteiger partial charge in [0.25, 0.3) is 11.8 Å². The van der Waals surface area contributed by atoms with Gasteiger partial charge in [-0.25, -0.2) is 4.90 Å². The van der Waals surface area contributed by atoms with Gasteiger partial charge in [0.1, 0.15) is 0 Å². The zero-order chi connectivity index (χ0) is 17.4. The number of pyridine rings is 1. The minimum Gasteiger partial charge on any atom is -0.454 e. The van der Waals surface area contributed by atoms with Crippen LogP contribution in [0.1, 0.15) is 15.9 Å². The molecule has 0 unspecified atom stereocenters. The van der Waals surface area contributed by atoms with Crippen LogP contribution in [0, 0.1) is 0 Å². The van der Waals surface area contributed by atoms with E-state index in [4.69, 9.17) is 21.7 Å². The summed E-state index contributed by atoms with van der Waals surface area (Å²) in [6.07, 6.45) is 4.64. The molecule has 2 aromatic rings. The highest BCUT2D eigenvalue weighted by atomic mass is 32.2. The summed E-state index contributed by atoms with van der Waals surface area (Å²) in [6, 6.07) is 8.58. The van der Waals surface area contributed by atoms with Crippen molar-refractivity contribution in [2.24, 2.45) is 0 Å². The lowest BCUT2D eigenvalue weighted by atomic mass is 10.2. The zero-order valence-corrected chi connectivity index (χ0v) is 14.3. The lowest BCUT2D eigenvalue weighted by Crippen LogP contribution is -2.34. The molecule has 124 valence electrons. The van der Waals surface area contributed by atoms with E-state index in [1.807, 2.05) is 6.07 Å². The number of carbonyl (C=O) groups excluding carboxylic acids is 2. The van der Waals surface area contributed by atoms with E-state index in [1.165, 1.54) is 6.20 Å². The summed E-state index contributed by atoms with van der Waals surface area (Å²) in [5, 5.41) is 0. The van der Waals surface area contributed by atoms with E-state index in [0.29, 0.717) is 22.0 Å². The lowest BCUT2D eigenvalue weighted by Gasteiger charge is -2.11. The maximum Gasteiger partial charge on any atom is 0.273 e. The Morgan fingerprint density at radius 1 is 1.28 bits per heavy atom. The van der Waals surface area contributed by atoms with Crippen LogP contribution in [-0.2, 0) is 4.79 Å². The second-order valence-corrected chi connectivity index (χ2v) is 6.85. The molecule has 2 amide bonds. The molecule has 1 saturated heterocycles. The fourth-order valence-electron chi connectivity index (χ4n) is 2.42. The predicted octanol–water partition coefficient (Wildman–Crippen LogP) is 2.85. The molecule has 3 heterocycles. The summed E-state index contributed by atoms with van der Waals surface area (Å²) in [6.45, 7) is 0.181. The number of nitrogens with zero attached hydrogens (tertiary/aromatic N) is 2. The number of carbonyl (C=O) groups is 2. The average molecular weight is 370 g/mol. The standard InChI is InChI=1S/C17H10N2O4S2/c20-15(11-2-1-5-18-8-11)19-16(21)14(25-17(19)24)7-10-3-4-12-13(6-10)23-9-22-12/h1-8H,9H2. The van der Waals surface area contributed by atoms with E-state index >= 15 is 0 Å². The molecular formula is C17H10N2O4S2. The number of imide groups is 1. The van der Waals surface area contributed by atoms with Crippen molar-refractivity contribution >= 4 is 46.2 Å². The highest BCUT2D eigenvalue weighted by molar-refractivity contribution is 8.26. The molecule has 0 bridgehead atoms. The summed E-state index contributed by atoms with van der Waals surface area (Å²) in [7, 11) is 0. The molecular weight excluding hydrogens is 360 g/mol. The Morgan fingerprint density at radius 3 is 2.92 bits per heavy atom. The van der Waals surface area contributed by atoms with E-state index in [2.05, 4.69) is 4.98 Å². The third-order valence-electron chi connectivity index (χ3n) is 3.60. The van der Waals surface area contributed by atoms with Gasteiger partial charge in [-0.05, 0) is 35.9 Å². The largest absolute Gasteiger partial charge is 0.454 e. The molecule has 0 spiro atoms. The first kappa shape index (κ1) is 15.8. The number of hydrogen-bond donors (Lipinski definition) is 0. The molecule has 4 rings (SSSR count). The molecule has 1 fully saturated rings. The highest BCUT2D eigenvalue weighted by Crippen LogP contribution is 2.36. The molecule has 2 aliphatic rings. The lowest BCUT2D eigenvalue weighted by molar-refractivity contribution is -0.120. The smallest absolute Gasteiger partial charge is 0.273 e. The Hall–Kier alpha value is -2.71. The number of benzene rings is 1. The van der Waals surface area contributed by atoms with Crippen LogP contribution in [0.25, 0.3) is 6.08 Å². The molecule has 2 aliphatic heterocycles. The number of fused-ring (bicyclic) bond motifs is 1. The molecule has 0 saturated carbocycles. The summed E-state index contributed by atoms with van der Waals surface area (Å²) >= 11 is 6.30. The Labute approximate surface area is 152 Å². The predicted molar refractivity (Wildman–Crippen MR) is 96.1 cm³/mol.